The number of hydrogen-bond donors (Lipinski definition) is 1. The molecule has 1 heterocycles. The van der Waals surface area contributed by atoms with Crippen LogP contribution < -0.4 is 5.32 Å². The minimum Gasteiger partial charge on any atom is -0.444 e. The fraction of sp³-hybridized carbons (Fsp3) is 0.833. The number of hydrogen-bond acceptors (Lipinski definition) is 4. The number of nitriles is 1. The number of amides is 1. The Morgan fingerprint density at radius 2 is 2.29 bits per heavy atom. The van der Waals surface area contributed by atoms with E-state index in [0.29, 0.717) is 19.5 Å². The molecule has 1 fully saturated rings. The summed E-state index contributed by atoms with van der Waals surface area (Å²) >= 11 is 0. The first-order valence-electron chi connectivity index (χ1n) is 6.00. The van der Waals surface area contributed by atoms with Gasteiger partial charge in [0.1, 0.15) is 5.60 Å². The molecule has 0 radical (unpaired) electrons. The highest BCUT2D eigenvalue weighted by molar-refractivity contribution is 5.68. The van der Waals surface area contributed by atoms with Gasteiger partial charge in [0.25, 0.3) is 0 Å². The first-order chi connectivity index (χ1) is 7.92. The van der Waals surface area contributed by atoms with E-state index in [4.69, 9.17) is 10.00 Å². The summed E-state index contributed by atoms with van der Waals surface area (Å²) in [6, 6.07) is 2.38. The zero-order valence-electron chi connectivity index (χ0n) is 10.8. The molecule has 17 heavy (non-hydrogen) atoms. The van der Waals surface area contributed by atoms with Crippen LogP contribution in [0.1, 0.15) is 33.6 Å². The summed E-state index contributed by atoms with van der Waals surface area (Å²) in [6.07, 6.45) is 1.18. The second-order valence-corrected chi connectivity index (χ2v) is 5.27. The average molecular weight is 239 g/mol. The van der Waals surface area contributed by atoms with E-state index in [1.54, 1.807) is 4.90 Å². The van der Waals surface area contributed by atoms with Crippen molar-refractivity contribution in [1.29, 1.82) is 5.26 Å². The monoisotopic (exact) mass is 239 g/mol. The van der Waals surface area contributed by atoms with Gasteiger partial charge >= 0.3 is 6.09 Å². The third-order valence-corrected chi connectivity index (χ3v) is 2.51. The highest BCUT2D eigenvalue weighted by atomic mass is 16.6. The number of carbonyl (C=O) groups excluding carboxylic acids is 1. The maximum Gasteiger partial charge on any atom is 0.410 e. The zero-order valence-corrected chi connectivity index (χ0v) is 10.8. The van der Waals surface area contributed by atoms with Crippen LogP contribution in [-0.2, 0) is 4.74 Å². The van der Waals surface area contributed by atoms with Gasteiger partial charge in [-0.3, -0.25) is 0 Å². The van der Waals surface area contributed by atoms with Gasteiger partial charge in [-0.2, -0.15) is 5.26 Å². The highest BCUT2D eigenvalue weighted by Crippen LogP contribution is 2.15. The van der Waals surface area contributed by atoms with Crippen molar-refractivity contribution < 1.29 is 9.53 Å². The number of rotatable bonds is 3. The van der Waals surface area contributed by atoms with Crippen LogP contribution in [0.5, 0.6) is 0 Å². The smallest absolute Gasteiger partial charge is 0.410 e. The van der Waals surface area contributed by atoms with Gasteiger partial charge in [0.05, 0.1) is 6.07 Å². The van der Waals surface area contributed by atoms with Crippen LogP contribution in [0.2, 0.25) is 0 Å². The van der Waals surface area contributed by atoms with Gasteiger partial charge < -0.3 is 15.0 Å². The Kier molecular flexibility index (Phi) is 4.76. The summed E-state index contributed by atoms with van der Waals surface area (Å²) < 4.78 is 5.30. The van der Waals surface area contributed by atoms with Crippen LogP contribution in [0.4, 0.5) is 4.79 Å². The van der Waals surface area contributed by atoms with Crippen LogP contribution in [0.3, 0.4) is 0 Å². The molecular weight excluding hydrogens is 218 g/mol. The average Bonchev–Trinajstić information content (AvgIpc) is 2.64. The molecule has 0 spiro atoms. The molecule has 1 aliphatic heterocycles. The van der Waals surface area contributed by atoms with E-state index in [1.165, 1.54) is 0 Å². The maximum atomic E-state index is 11.8. The van der Waals surface area contributed by atoms with Gasteiger partial charge in [-0.1, -0.05) is 0 Å². The SMILES string of the molecule is CC(C)(C)OC(=O)N1CC[C@@H](NCCC#N)C1. The van der Waals surface area contributed by atoms with Crippen molar-refractivity contribution in [3.05, 3.63) is 0 Å². The molecule has 5 nitrogen and oxygen atoms in total. The molecule has 5 heteroatoms. The number of likely N-dealkylation sites (tertiary alicyclic amines) is 1. The first-order valence-corrected chi connectivity index (χ1v) is 6.00. The Morgan fingerprint density at radius 3 is 2.88 bits per heavy atom. The summed E-state index contributed by atoms with van der Waals surface area (Å²) in [5, 5.41) is 11.7. The van der Waals surface area contributed by atoms with Crippen molar-refractivity contribution in [2.24, 2.45) is 0 Å². The van der Waals surface area contributed by atoms with Crippen LogP contribution in [0.15, 0.2) is 0 Å². The second-order valence-electron chi connectivity index (χ2n) is 5.27. The lowest BCUT2D eigenvalue weighted by Crippen LogP contribution is -2.38. The number of nitrogens with one attached hydrogen (secondary N) is 1. The Bertz CT molecular complexity index is 304. The lowest BCUT2D eigenvalue weighted by molar-refractivity contribution is 0.0291. The Hall–Kier alpha value is -1.28. The highest BCUT2D eigenvalue weighted by Gasteiger charge is 2.29. The van der Waals surface area contributed by atoms with Crippen molar-refractivity contribution in [1.82, 2.24) is 10.2 Å². The van der Waals surface area contributed by atoms with Crippen molar-refractivity contribution in [3.63, 3.8) is 0 Å². The molecule has 96 valence electrons. The van der Waals surface area contributed by atoms with E-state index in [1.807, 2.05) is 20.8 Å². The molecule has 0 aromatic heterocycles. The van der Waals surface area contributed by atoms with Crippen LogP contribution in [0, 0.1) is 11.3 Å². The molecular formula is C12H21N3O2. The normalized spacial score (nSPS) is 20.1. The fourth-order valence-corrected chi connectivity index (χ4v) is 1.75. The topological polar surface area (TPSA) is 65.4 Å². The summed E-state index contributed by atoms with van der Waals surface area (Å²) in [6.45, 7) is 7.67. The minimum absolute atomic E-state index is 0.248. The van der Waals surface area contributed by atoms with Gasteiger partial charge in [-0.25, -0.2) is 4.79 Å². The van der Waals surface area contributed by atoms with E-state index in [-0.39, 0.29) is 12.1 Å². The quantitative estimate of drug-likeness (QED) is 0.758. The van der Waals surface area contributed by atoms with Crippen molar-refractivity contribution >= 4 is 6.09 Å². The fourth-order valence-electron chi connectivity index (χ4n) is 1.75. The molecule has 0 aromatic rings. The molecule has 0 saturated carbocycles. The molecule has 0 aliphatic carbocycles. The van der Waals surface area contributed by atoms with Crippen LogP contribution >= 0.6 is 0 Å². The molecule has 0 bridgehead atoms. The number of nitrogens with zero attached hydrogens (tertiary/aromatic N) is 2. The maximum absolute atomic E-state index is 11.8. The lowest BCUT2D eigenvalue weighted by atomic mass is 10.2. The second kappa shape index (κ2) is 5.87. The molecule has 1 rings (SSSR count). The number of ether oxygens (including phenoxy) is 1. The Labute approximate surface area is 103 Å². The van der Waals surface area contributed by atoms with E-state index in [0.717, 1.165) is 13.0 Å². The summed E-state index contributed by atoms with van der Waals surface area (Å²) in [5.74, 6) is 0. The number of carbonyl (C=O) groups is 1. The Morgan fingerprint density at radius 1 is 1.59 bits per heavy atom. The largest absolute Gasteiger partial charge is 0.444 e. The van der Waals surface area contributed by atoms with Crippen molar-refractivity contribution in [2.75, 3.05) is 19.6 Å². The zero-order chi connectivity index (χ0) is 12.9. The molecule has 1 saturated heterocycles. The molecule has 1 aliphatic rings. The van der Waals surface area contributed by atoms with Gasteiger partial charge in [-0.05, 0) is 27.2 Å². The van der Waals surface area contributed by atoms with Gasteiger partial charge in [0.15, 0.2) is 0 Å². The van der Waals surface area contributed by atoms with E-state index in [2.05, 4.69) is 11.4 Å². The van der Waals surface area contributed by atoms with Crippen LogP contribution in [0.25, 0.3) is 0 Å². The molecule has 0 unspecified atom stereocenters. The summed E-state index contributed by atoms with van der Waals surface area (Å²) in [5.41, 5.74) is -0.441. The minimum atomic E-state index is -0.441. The first kappa shape index (κ1) is 13.8. The van der Waals surface area contributed by atoms with E-state index < -0.39 is 5.60 Å². The van der Waals surface area contributed by atoms with Gasteiger partial charge in [0, 0.05) is 32.1 Å². The standard InChI is InChI=1S/C12H21N3O2/c1-12(2,3)17-11(16)15-8-5-10(9-15)14-7-4-6-13/h10,14H,4-5,7-9H2,1-3H3/t10-/m1/s1. The van der Waals surface area contributed by atoms with E-state index in [9.17, 15) is 4.79 Å². The van der Waals surface area contributed by atoms with Crippen LogP contribution in [-0.4, -0.2) is 42.3 Å². The predicted octanol–water partition coefficient (Wildman–Crippen LogP) is 1.50. The van der Waals surface area contributed by atoms with Gasteiger partial charge in [0.2, 0.25) is 0 Å². The summed E-state index contributed by atoms with van der Waals surface area (Å²) in [4.78, 5) is 13.5. The molecule has 1 atom stereocenters. The van der Waals surface area contributed by atoms with Crippen molar-refractivity contribution in [2.45, 2.75) is 45.3 Å². The third kappa shape index (κ3) is 5.05. The van der Waals surface area contributed by atoms with E-state index >= 15 is 0 Å². The predicted molar refractivity (Wildman–Crippen MR) is 64.4 cm³/mol. The molecule has 1 N–H and O–H groups in total. The summed E-state index contributed by atoms with van der Waals surface area (Å²) in [7, 11) is 0. The lowest BCUT2D eigenvalue weighted by Gasteiger charge is -2.24. The molecule has 1 amide bonds. The molecule has 0 aromatic carbocycles. The Balaban J connectivity index is 2.30. The third-order valence-electron chi connectivity index (χ3n) is 2.51. The van der Waals surface area contributed by atoms with Gasteiger partial charge in [-0.15, -0.1) is 0 Å². The van der Waals surface area contributed by atoms with Crippen molar-refractivity contribution in [3.8, 4) is 6.07 Å².